The van der Waals surface area contributed by atoms with Crippen molar-refractivity contribution in [3.8, 4) is 0 Å². The largest absolute Gasteiger partial charge is 0.333 e. The van der Waals surface area contributed by atoms with E-state index in [-0.39, 0.29) is 0 Å². The molecule has 1 aromatic rings. The van der Waals surface area contributed by atoms with Crippen LogP contribution < -0.4 is 16.6 Å². The van der Waals surface area contributed by atoms with Gasteiger partial charge >= 0.3 is 6.03 Å². The van der Waals surface area contributed by atoms with Crippen LogP contribution in [0.5, 0.6) is 0 Å². The average Bonchev–Trinajstić information content (AvgIpc) is 2.02. The zero-order chi connectivity index (χ0) is 9.84. The number of anilines is 1. The molecule has 0 bridgehead atoms. The van der Waals surface area contributed by atoms with Crippen LogP contribution in [0.3, 0.4) is 0 Å². The van der Waals surface area contributed by atoms with Gasteiger partial charge in [0.1, 0.15) is 0 Å². The van der Waals surface area contributed by atoms with Crippen LogP contribution in [0, 0.1) is 6.92 Å². The number of amides is 2. The Morgan fingerprint density at radius 2 is 2.15 bits per heavy atom. The number of urea groups is 1. The first kappa shape index (κ1) is 10.0. The minimum atomic E-state index is -0.433. The number of hydrogen-bond acceptors (Lipinski definition) is 2. The Bertz CT molecular complexity index is 307. The van der Waals surface area contributed by atoms with Gasteiger partial charge in [-0.15, -0.1) is 0 Å². The van der Waals surface area contributed by atoms with E-state index in [0.717, 1.165) is 10.0 Å². The smallest absolute Gasteiger partial charge is 0.307 e. The summed E-state index contributed by atoms with van der Waals surface area (Å²) in [6.07, 6.45) is 0. The first-order valence-electron chi connectivity index (χ1n) is 3.66. The fourth-order valence-corrected chi connectivity index (χ4v) is 1.58. The van der Waals surface area contributed by atoms with Crippen LogP contribution >= 0.6 is 15.9 Å². The highest BCUT2D eigenvalue weighted by Gasteiger charge is 2.00. The van der Waals surface area contributed by atoms with Gasteiger partial charge in [0.25, 0.3) is 0 Å². The fraction of sp³-hybridized carbons (Fsp3) is 0.125. The van der Waals surface area contributed by atoms with Crippen molar-refractivity contribution in [3.63, 3.8) is 0 Å². The molecule has 2 amide bonds. The van der Waals surface area contributed by atoms with Crippen molar-refractivity contribution < 1.29 is 4.79 Å². The number of nitrogens with one attached hydrogen (secondary N) is 2. The maximum atomic E-state index is 10.8. The van der Waals surface area contributed by atoms with Gasteiger partial charge in [0.15, 0.2) is 0 Å². The zero-order valence-corrected chi connectivity index (χ0v) is 8.68. The number of carbonyl (C=O) groups is 1. The Morgan fingerprint density at radius 3 is 2.69 bits per heavy atom. The van der Waals surface area contributed by atoms with Gasteiger partial charge in [-0.25, -0.2) is 10.6 Å². The van der Waals surface area contributed by atoms with Crippen LogP contribution in [0.25, 0.3) is 0 Å². The lowest BCUT2D eigenvalue weighted by atomic mass is 10.2. The van der Waals surface area contributed by atoms with E-state index < -0.39 is 6.03 Å². The van der Waals surface area contributed by atoms with Crippen LogP contribution in [0.4, 0.5) is 10.5 Å². The van der Waals surface area contributed by atoms with E-state index in [2.05, 4.69) is 21.2 Å². The molecule has 1 aromatic carbocycles. The molecule has 0 aliphatic carbocycles. The molecule has 0 heterocycles. The van der Waals surface area contributed by atoms with Crippen LogP contribution in [-0.4, -0.2) is 6.03 Å². The monoisotopic (exact) mass is 243 g/mol. The molecule has 0 saturated carbocycles. The molecule has 4 nitrogen and oxygen atoms in total. The van der Waals surface area contributed by atoms with Gasteiger partial charge < -0.3 is 5.32 Å². The molecular weight excluding hydrogens is 234 g/mol. The van der Waals surface area contributed by atoms with E-state index in [9.17, 15) is 4.79 Å². The Labute approximate surface area is 84.6 Å². The number of hydrogen-bond donors (Lipinski definition) is 3. The van der Waals surface area contributed by atoms with Crippen molar-refractivity contribution in [1.82, 2.24) is 5.43 Å². The standard InChI is InChI=1S/C8H10BrN3O/c1-5-2-6(9)4-7(3-5)11-8(13)12-10/h2-4H,10H2,1H3,(H2,11,12,13). The van der Waals surface area contributed by atoms with Gasteiger partial charge in [0.2, 0.25) is 0 Å². The van der Waals surface area contributed by atoms with Gasteiger partial charge in [-0.3, -0.25) is 5.43 Å². The molecule has 13 heavy (non-hydrogen) atoms. The summed E-state index contributed by atoms with van der Waals surface area (Å²) in [5.74, 6) is 4.92. The normalized spacial score (nSPS) is 9.46. The van der Waals surface area contributed by atoms with E-state index in [4.69, 9.17) is 5.84 Å². The predicted octanol–water partition coefficient (Wildman–Crippen LogP) is 1.75. The van der Waals surface area contributed by atoms with Crippen molar-refractivity contribution in [2.24, 2.45) is 5.84 Å². The summed E-state index contributed by atoms with van der Waals surface area (Å²) in [7, 11) is 0. The highest BCUT2D eigenvalue weighted by molar-refractivity contribution is 9.10. The molecule has 0 aliphatic rings. The third-order valence-corrected chi connectivity index (χ3v) is 1.89. The molecule has 0 saturated heterocycles. The Kier molecular flexibility index (Phi) is 3.27. The summed E-state index contributed by atoms with van der Waals surface area (Å²) >= 11 is 3.32. The van der Waals surface area contributed by atoms with Crippen molar-refractivity contribution in [2.75, 3.05) is 5.32 Å². The molecular formula is C8H10BrN3O. The number of nitrogens with two attached hydrogens (primary N) is 1. The van der Waals surface area contributed by atoms with E-state index in [1.807, 2.05) is 24.5 Å². The molecule has 0 spiro atoms. The Morgan fingerprint density at radius 1 is 1.46 bits per heavy atom. The van der Waals surface area contributed by atoms with Crippen LogP contribution in [0.15, 0.2) is 22.7 Å². The summed E-state index contributed by atoms with van der Waals surface area (Å²) in [5.41, 5.74) is 3.75. The zero-order valence-electron chi connectivity index (χ0n) is 7.10. The number of halogens is 1. The third-order valence-electron chi connectivity index (χ3n) is 1.43. The summed E-state index contributed by atoms with van der Waals surface area (Å²) in [6, 6.07) is 5.16. The van der Waals surface area contributed by atoms with Crippen molar-refractivity contribution in [3.05, 3.63) is 28.2 Å². The summed E-state index contributed by atoms with van der Waals surface area (Å²) in [5, 5.41) is 2.57. The maximum absolute atomic E-state index is 10.8. The quantitative estimate of drug-likeness (QED) is 0.400. The molecule has 0 fully saturated rings. The number of carbonyl (C=O) groups excluding carboxylic acids is 1. The van der Waals surface area contributed by atoms with Gasteiger partial charge in [-0.2, -0.15) is 0 Å². The van der Waals surface area contributed by atoms with E-state index in [1.54, 1.807) is 6.07 Å². The van der Waals surface area contributed by atoms with E-state index >= 15 is 0 Å². The fourth-order valence-electron chi connectivity index (χ4n) is 0.976. The summed E-state index contributed by atoms with van der Waals surface area (Å²) in [4.78, 5) is 10.8. The van der Waals surface area contributed by atoms with Crippen molar-refractivity contribution in [2.45, 2.75) is 6.92 Å². The van der Waals surface area contributed by atoms with Crippen LogP contribution in [0.2, 0.25) is 0 Å². The van der Waals surface area contributed by atoms with Gasteiger partial charge in [-0.05, 0) is 30.7 Å². The summed E-state index contributed by atoms with van der Waals surface area (Å²) < 4.78 is 0.917. The second-order valence-corrected chi connectivity index (χ2v) is 3.53. The molecule has 0 aliphatic heterocycles. The molecule has 4 N–H and O–H groups in total. The topological polar surface area (TPSA) is 67.2 Å². The lowest BCUT2D eigenvalue weighted by Crippen LogP contribution is -2.34. The number of benzene rings is 1. The lowest BCUT2D eigenvalue weighted by molar-refractivity contribution is 0.252. The van der Waals surface area contributed by atoms with E-state index in [1.165, 1.54) is 0 Å². The lowest BCUT2D eigenvalue weighted by Gasteiger charge is -2.05. The highest BCUT2D eigenvalue weighted by Crippen LogP contribution is 2.18. The second kappa shape index (κ2) is 4.25. The Hall–Kier alpha value is -1.07. The molecule has 0 radical (unpaired) electrons. The molecule has 0 aromatic heterocycles. The molecule has 0 unspecified atom stereocenters. The minimum absolute atomic E-state index is 0.433. The van der Waals surface area contributed by atoms with Crippen molar-refractivity contribution in [1.29, 1.82) is 0 Å². The highest BCUT2D eigenvalue weighted by atomic mass is 79.9. The SMILES string of the molecule is Cc1cc(Br)cc(NC(=O)NN)c1. The number of rotatable bonds is 1. The maximum Gasteiger partial charge on any atom is 0.333 e. The molecule has 70 valence electrons. The predicted molar refractivity (Wildman–Crippen MR) is 55.2 cm³/mol. The molecule has 1 rings (SSSR count). The molecule has 5 heteroatoms. The second-order valence-electron chi connectivity index (χ2n) is 2.62. The van der Waals surface area contributed by atoms with Crippen molar-refractivity contribution >= 4 is 27.6 Å². The number of aryl methyl sites for hydroxylation is 1. The first-order chi connectivity index (χ1) is 6.11. The molecule has 0 atom stereocenters. The summed E-state index contributed by atoms with van der Waals surface area (Å²) in [6.45, 7) is 1.94. The Balaban J connectivity index is 2.83. The van der Waals surface area contributed by atoms with Gasteiger partial charge in [0.05, 0.1) is 0 Å². The van der Waals surface area contributed by atoms with E-state index in [0.29, 0.717) is 5.69 Å². The third kappa shape index (κ3) is 3.04. The van der Waals surface area contributed by atoms with Crippen LogP contribution in [0.1, 0.15) is 5.56 Å². The van der Waals surface area contributed by atoms with Crippen LogP contribution in [-0.2, 0) is 0 Å². The average molecular weight is 244 g/mol. The minimum Gasteiger partial charge on any atom is -0.307 e. The van der Waals surface area contributed by atoms with Gasteiger partial charge in [-0.1, -0.05) is 15.9 Å². The first-order valence-corrected chi connectivity index (χ1v) is 4.46. The van der Waals surface area contributed by atoms with Gasteiger partial charge in [0, 0.05) is 10.2 Å². The number of hydrazine groups is 1.